The summed E-state index contributed by atoms with van der Waals surface area (Å²) in [5.74, 6) is -0.990. The minimum Gasteiger partial charge on any atom is -0.462 e. The third kappa shape index (κ3) is 53.0. The largest absolute Gasteiger partial charge is 0.462 e. The minimum atomic E-state index is -0.814. The van der Waals surface area contributed by atoms with Crippen LogP contribution in [0.4, 0.5) is 0 Å². The van der Waals surface area contributed by atoms with Gasteiger partial charge in [0, 0.05) is 19.3 Å². The molecule has 1 atom stereocenters. The lowest BCUT2D eigenvalue weighted by Crippen LogP contribution is -2.30. The van der Waals surface area contributed by atoms with E-state index in [4.69, 9.17) is 14.2 Å². The van der Waals surface area contributed by atoms with Gasteiger partial charge in [-0.1, -0.05) is 207 Å². The molecule has 6 heteroatoms. The minimum absolute atomic E-state index is 0.112. The average Bonchev–Trinajstić information content (AvgIpc) is 3.34. The van der Waals surface area contributed by atoms with Crippen molar-refractivity contribution in [2.45, 2.75) is 252 Å². The van der Waals surface area contributed by atoms with Crippen LogP contribution in [0.25, 0.3) is 0 Å². The smallest absolute Gasteiger partial charge is 0.306 e. The van der Waals surface area contributed by atoms with Crippen LogP contribution >= 0.6 is 0 Å². The summed E-state index contributed by atoms with van der Waals surface area (Å²) in [7, 11) is 0. The number of carbonyl (C=O) groups is 3. The first kappa shape index (κ1) is 64.1. The van der Waals surface area contributed by atoms with Gasteiger partial charge in [0.1, 0.15) is 13.2 Å². The van der Waals surface area contributed by atoms with E-state index in [0.29, 0.717) is 19.3 Å². The molecule has 0 saturated heterocycles. The summed E-state index contributed by atoms with van der Waals surface area (Å²) in [6, 6.07) is 0. The maximum atomic E-state index is 12.8. The number of unbranched alkanes of at least 4 members (excludes halogenated alkanes) is 20. The molecule has 0 aromatic heterocycles. The Hall–Kier alpha value is -3.93. The van der Waals surface area contributed by atoms with Crippen LogP contribution in [-0.4, -0.2) is 37.2 Å². The number of allylic oxidation sites excluding steroid dienone is 18. The summed E-state index contributed by atoms with van der Waals surface area (Å²) in [6.07, 6.45) is 75.0. The van der Waals surface area contributed by atoms with E-state index in [1.54, 1.807) is 0 Å². The van der Waals surface area contributed by atoms with E-state index in [9.17, 15) is 14.4 Å². The van der Waals surface area contributed by atoms with Crippen molar-refractivity contribution in [2.75, 3.05) is 13.2 Å². The summed E-state index contributed by atoms with van der Waals surface area (Å²) >= 11 is 0. The first-order valence-electron chi connectivity index (χ1n) is 27.9. The monoisotopic (exact) mass is 943 g/mol. The Bertz CT molecular complexity index is 1410. The van der Waals surface area contributed by atoms with Crippen LogP contribution in [0.5, 0.6) is 0 Å². The van der Waals surface area contributed by atoms with Gasteiger partial charge in [-0.05, 0) is 128 Å². The molecular formula is C62H102O6. The first-order valence-corrected chi connectivity index (χ1v) is 27.9. The molecular weight excluding hydrogens is 841 g/mol. The van der Waals surface area contributed by atoms with Crippen LogP contribution in [0, 0.1) is 0 Å². The number of carbonyl (C=O) groups excluding carboxylic acids is 3. The maximum Gasteiger partial charge on any atom is 0.306 e. The Morgan fingerprint density at radius 1 is 0.309 bits per heavy atom. The quantitative estimate of drug-likeness (QED) is 0.0262. The lowest BCUT2D eigenvalue weighted by molar-refractivity contribution is -0.167. The normalized spacial score (nSPS) is 12.9. The molecule has 68 heavy (non-hydrogen) atoms. The van der Waals surface area contributed by atoms with Gasteiger partial charge in [-0.25, -0.2) is 0 Å². The van der Waals surface area contributed by atoms with Crippen molar-refractivity contribution in [3.63, 3.8) is 0 Å². The van der Waals surface area contributed by atoms with Crippen LogP contribution in [0.1, 0.15) is 245 Å². The lowest BCUT2D eigenvalue weighted by Gasteiger charge is -2.18. The molecule has 0 spiro atoms. The van der Waals surface area contributed by atoms with Gasteiger partial charge < -0.3 is 14.2 Å². The van der Waals surface area contributed by atoms with Gasteiger partial charge in [0.15, 0.2) is 6.10 Å². The number of esters is 3. The van der Waals surface area contributed by atoms with E-state index in [1.165, 1.54) is 83.5 Å². The zero-order chi connectivity index (χ0) is 49.3. The van der Waals surface area contributed by atoms with Crippen molar-refractivity contribution >= 4 is 17.9 Å². The fourth-order valence-electron chi connectivity index (χ4n) is 7.29. The van der Waals surface area contributed by atoms with Gasteiger partial charge in [-0.15, -0.1) is 0 Å². The Kier molecular flexibility index (Phi) is 52.4. The summed E-state index contributed by atoms with van der Waals surface area (Å²) in [5.41, 5.74) is 0. The molecule has 386 valence electrons. The topological polar surface area (TPSA) is 78.9 Å². The summed E-state index contributed by atoms with van der Waals surface area (Å²) in [4.78, 5) is 38.1. The zero-order valence-electron chi connectivity index (χ0n) is 44.1. The van der Waals surface area contributed by atoms with Crippen molar-refractivity contribution in [3.8, 4) is 0 Å². The van der Waals surface area contributed by atoms with Gasteiger partial charge in [0.2, 0.25) is 0 Å². The molecule has 0 rings (SSSR count). The Morgan fingerprint density at radius 3 is 0.985 bits per heavy atom. The van der Waals surface area contributed by atoms with Crippen LogP contribution in [0.3, 0.4) is 0 Å². The van der Waals surface area contributed by atoms with E-state index >= 15 is 0 Å². The van der Waals surface area contributed by atoms with E-state index in [2.05, 4.69) is 130 Å². The summed E-state index contributed by atoms with van der Waals surface area (Å²) < 4.78 is 16.8. The Labute approximate surface area is 419 Å². The molecule has 0 saturated carbocycles. The highest BCUT2D eigenvalue weighted by Gasteiger charge is 2.19. The molecule has 0 radical (unpaired) electrons. The van der Waals surface area contributed by atoms with Crippen LogP contribution in [-0.2, 0) is 28.6 Å². The molecule has 6 nitrogen and oxygen atoms in total. The highest BCUT2D eigenvalue weighted by Crippen LogP contribution is 2.13. The number of hydrogen-bond acceptors (Lipinski definition) is 6. The Morgan fingerprint density at radius 2 is 0.574 bits per heavy atom. The first-order chi connectivity index (χ1) is 33.5. The van der Waals surface area contributed by atoms with Crippen LogP contribution in [0.2, 0.25) is 0 Å². The predicted molar refractivity (Wildman–Crippen MR) is 293 cm³/mol. The Balaban J connectivity index is 4.53. The molecule has 0 aromatic rings. The molecule has 0 aliphatic rings. The molecule has 0 unspecified atom stereocenters. The van der Waals surface area contributed by atoms with Crippen molar-refractivity contribution < 1.29 is 28.6 Å². The molecule has 0 aliphatic carbocycles. The van der Waals surface area contributed by atoms with Crippen molar-refractivity contribution in [2.24, 2.45) is 0 Å². The van der Waals surface area contributed by atoms with Gasteiger partial charge >= 0.3 is 17.9 Å². The molecule has 0 bridgehead atoms. The molecule has 0 amide bonds. The van der Waals surface area contributed by atoms with Gasteiger partial charge in [-0.3, -0.25) is 14.4 Å². The second-order valence-electron chi connectivity index (χ2n) is 18.1. The van der Waals surface area contributed by atoms with Crippen molar-refractivity contribution in [1.29, 1.82) is 0 Å². The summed E-state index contributed by atoms with van der Waals surface area (Å²) in [6.45, 7) is 6.42. The molecule has 0 aromatic carbocycles. The van der Waals surface area contributed by atoms with Gasteiger partial charge in [0.05, 0.1) is 0 Å². The fraction of sp³-hybridized carbons (Fsp3) is 0.661. The van der Waals surface area contributed by atoms with Crippen LogP contribution < -0.4 is 0 Å². The maximum absolute atomic E-state index is 12.8. The molecule has 0 fully saturated rings. The van der Waals surface area contributed by atoms with E-state index < -0.39 is 6.10 Å². The third-order valence-electron chi connectivity index (χ3n) is 11.5. The van der Waals surface area contributed by atoms with Crippen molar-refractivity contribution in [1.82, 2.24) is 0 Å². The standard InChI is InChI=1S/C62H102O6/c1-4-7-10-13-16-19-22-25-28-30-31-32-35-37-40-43-46-49-52-55-61(64)67-58-59(57-66-60(63)54-51-48-45-42-39-36-33-27-24-21-18-15-12-9-6-3)68-62(65)56-53-50-47-44-41-38-34-29-26-23-20-17-14-11-8-5-2/h7,10,16,18-19,21,25,27-29,31-34,37,39-40,42,59H,4-6,8-9,11-15,17,20,22-24,26,30,35-36,38,41,43-58H2,1-3H3/b10-7-,19-16-,21-18-,28-25-,32-31-,33-27-,34-29-,40-37-,42-39-/t59-/m1/s1. The second kappa shape index (κ2) is 55.7. The highest BCUT2D eigenvalue weighted by atomic mass is 16.6. The van der Waals surface area contributed by atoms with Crippen LogP contribution in [0.15, 0.2) is 109 Å². The second-order valence-corrected chi connectivity index (χ2v) is 18.1. The lowest BCUT2D eigenvalue weighted by atomic mass is 10.1. The van der Waals surface area contributed by atoms with E-state index in [-0.39, 0.29) is 31.1 Å². The van der Waals surface area contributed by atoms with E-state index in [0.717, 1.165) is 122 Å². The zero-order valence-corrected chi connectivity index (χ0v) is 44.1. The molecule has 0 aliphatic heterocycles. The van der Waals surface area contributed by atoms with Gasteiger partial charge in [0.25, 0.3) is 0 Å². The SMILES string of the molecule is CC/C=C\C/C=C\C/C=C\C/C=C\C/C=C\CCCCCC(=O)OC[C@@H](COC(=O)CCCC/C=C\C/C=C\C/C=C\CCCCC)OC(=O)CCCCCCC/C=C\CCCCCCCCC. The number of rotatable bonds is 49. The number of ether oxygens (including phenoxy) is 3. The van der Waals surface area contributed by atoms with Gasteiger partial charge in [-0.2, -0.15) is 0 Å². The fourth-order valence-corrected chi connectivity index (χ4v) is 7.29. The number of hydrogen-bond donors (Lipinski definition) is 0. The average molecular weight is 943 g/mol. The highest BCUT2D eigenvalue weighted by molar-refractivity contribution is 5.71. The van der Waals surface area contributed by atoms with Crippen molar-refractivity contribution in [3.05, 3.63) is 109 Å². The summed E-state index contributed by atoms with van der Waals surface area (Å²) in [5, 5.41) is 0. The molecule has 0 N–H and O–H groups in total. The third-order valence-corrected chi connectivity index (χ3v) is 11.5. The van der Waals surface area contributed by atoms with E-state index in [1.807, 2.05) is 0 Å². The predicted octanol–water partition coefficient (Wildman–Crippen LogP) is 18.7. The molecule has 0 heterocycles.